The first-order chi connectivity index (χ1) is 11.6. The molecule has 0 fully saturated rings. The standard InChI is InChI=1S/C17H23FN4S2/c1-12-16(24-13(2)22-12)10-21-17(19-3)20-8-9-23-11-14-6-4-5-7-15(14)18/h4-7H,8-11H2,1-3H3,(H2,19,20,21). The molecular formula is C17H23FN4S2. The molecule has 0 unspecified atom stereocenters. The Kier molecular flexibility index (Phi) is 7.52. The minimum absolute atomic E-state index is 0.134. The van der Waals surface area contributed by atoms with E-state index in [-0.39, 0.29) is 5.82 Å². The molecule has 0 atom stereocenters. The molecule has 1 aromatic heterocycles. The summed E-state index contributed by atoms with van der Waals surface area (Å²) < 4.78 is 13.5. The molecule has 4 nitrogen and oxygen atoms in total. The number of aliphatic imine (C=N–C) groups is 1. The molecule has 2 N–H and O–H groups in total. The fraction of sp³-hybridized carbons (Fsp3) is 0.412. The minimum atomic E-state index is -0.134. The lowest BCUT2D eigenvalue weighted by molar-refractivity contribution is 0.617. The van der Waals surface area contributed by atoms with E-state index in [2.05, 4.69) is 20.6 Å². The van der Waals surface area contributed by atoms with Crippen molar-refractivity contribution < 1.29 is 4.39 Å². The van der Waals surface area contributed by atoms with Gasteiger partial charge in [-0.1, -0.05) is 18.2 Å². The van der Waals surface area contributed by atoms with Gasteiger partial charge in [0.25, 0.3) is 0 Å². The topological polar surface area (TPSA) is 49.3 Å². The summed E-state index contributed by atoms with van der Waals surface area (Å²) in [6, 6.07) is 6.91. The number of benzene rings is 1. The van der Waals surface area contributed by atoms with Crippen molar-refractivity contribution in [1.82, 2.24) is 15.6 Å². The number of halogens is 1. The van der Waals surface area contributed by atoms with E-state index in [4.69, 9.17) is 0 Å². The Bertz CT molecular complexity index is 685. The van der Waals surface area contributed by atoms with Crippen LogP contribution in [0.3, 0.4) is 0 Å². The van der Waals surface area contributed by atoms with Crippen LogP contribution in [0.1, 0.15) is 21.1 Å². The van der Waals surface area contributed by atoms with E-state index in [0.717, 1.165) is 41.1 Å². The number of nitrogens with one attached hydrogen (secondary N) is 2. The Morgan fingerprint density at radius 3 is 2.75 bits per heavy atom. The van der Waals surface area contributed by atoms with E-state index < -0.39 is 0 Å². The van der Waals surface area contributed by atoms with Crippen LogP contribution in [-0.4, -0.2) is 30.3 Å². The van der Waals surface area contributed by atoms with Gasteiger partial charge in [0.1, 0.15) is 5.82 Å². The zero-order valence-electron chi connectivity index (χ0n) is 14.2. The Hall–Kier alpha value is -1.60. The first-order valence-electron chi connectivity index (χ1n) is 7.78. The first-order valence-corrected chi connectivity index (χ1v) is 9.76. The van der Waals surface area contributed by atoms with E-state index in [0.29, 0.717) is 5.75 Å². The molecule has 2 rings (SSSR count). The van der Waals surface area contributed by atoms with Crippen LogP contribution >= 0.6 is 23.1 Å². The lowest BCUT2D eigenvalue weighted by Crippen LogP contribution is -2.37. The summed E-state index contributed by atoms with van der Waals surface area (Å²) in [6.07, 6.45) is 0. The van der Waals surface area contributed by atoms with E-state index in [1.807, 2.05) is 26.0 Å². The second-order valence-corrected chi connectivity index (χ2v) is 7.63. The predicted molar refractivity (Wildman–Crippen MR) is 102 cm³/mol. The van der Waals surface area contributed by atoms with Crippen LogP contribution in [0.5, 0.6) is 0 Å². The summed E-state index contributed by atoms with van der Waals surface area (Å²) in [6.45, 7) is 5.54. The van der Waals surface area contributed by atoms with Crippen LogP contribution in [0.15, 0.2) is 29.3 Å². The largest absolute Gasteiger partial charge is 0.356 e. The highest BCUT2D eigenvalue weighted by Gasteiger charge is 2.06. The highest BCUT2D eigenvalue weighted by Crippen LogP contribution is 2.16. The van der Waals surface area contributed by atoms with Crippen LogP contribution < -0.4 is 10.6 Å². The zero-order chi connectivity index (χ0) is 17.4. The van der Waals surface area contributed by atoms with Crippen LogP contribution in [0, 0.1) is 19.7 Å². The van der Waals surface area contributed by atoms with E-state index in [1.54, 1.807) is 36.2 Å². The third-order valence-corrected chi connectivity index (χ3v) is 5.47. The summed E-state index contributed by atoms with van der Waals surface area (Å²) >= 11 is 3.40. The maximum Gasteiger partial charge on any atom is 0.191 e. The maximum absolute atomic E-state index is 13.5. The fourth-order valence-electron chi connectivity index (χ4n) is 2.16. The van der Waals surface area contributed by atoms with Gasteiger partial charge in [-0.2, -0.15) is 11.8 Å². The second-order valence-electron chi connectivity index (χ2n) is 5.24. The Labute approximate surface area is 151 Å². The average molecular weight is 367 g/mol. The number of aromatic nitrogens is 1. The third kappa shape index (κ3) is 5.79. The number of thiazole rings is 1. The lowest BCUT2D eigenvalue weighted by Gasteiger charge is -2.11. The monoisotopic (exact) mass is 366 g/mol. The minimum Gasteiger partial charge on any atom is -0.356 e. The van der Waals surface area contributed by atoms with Gasteiger partial charge in [0.05, 0.1) is 17.2 Å². The van der Waals surface area contributed by atoms with Gasteiger partial charge in [0.15, 0.2) is 5.96 Å². The van der Waals surface area contributed by atoms with Gasteiger partial charge in [-0.15, -0.1) is 11.3 Å². The molecule has 0 saturated carbocycles. The van der Waals surface area contributed by atoms with Crippen molar-refractivity contribution in [2.24, 2.45) is 4.99 Å². The quantitative estimate of drug-likeness (QED) is 0.447. The Balaban J connectivity index is 1.67. The van der Waals surface area contributed by atoms with Gasteiger partial charge in [-0.05, 0) is 25.5 Å². The lowest BCUT2D eigenvalue weighted by atomic mass is 10.2. The number of guanidine groups is 1. The number of thioether (sulfide) groups is 1. The van der Waals surface area contributed by atoms with Crippen molar-refractivity contribution in [3.8, 4) is 0 Å². The third-order valence-electron chi connectivity index (χ3n) is 3.39. The summed E-state index contributed by atoms with van der Waals surface area (Å²) in [7, 11) is 1.76. The predicted octanol–water partition coefficient (Wildman–Crippen LogP) is 3.50. The maximum atomic E-state index is 13.5. The second kappa shape index (κ2) is 9.64. The van der Waals surface area contributed by atoms with Gasteiger partial charge in [0, 0.05) is 30.0 Å². The molecule has 0 aliphatic carbocycles. The van der Waals surface area contributed by atoms with Crippen molar-refractivity contribution >= 4 is 29.1 Å². The van der Waals surface area contributed by atoms with Crippen LogP contribution in [0.4, 0.5) is 4.39 Å². The van der Waals surface area contributed by atoms with Crippen LogP contribution in [0.25, 0.3) is 0 Å². The molecule has 0 aliphatic heterocycles. The smallest absolute Gasteiger partial charge is 0.191 e. The average Bonchev–Trinajstić information content (AvgIpc) is 2.89. The number of rotatable bonds is 7. The molecule has 0 bridgehead atoms. The highest BCUT2D eigenvalue weighted by molar-refractivity contribution is 7.98. The van der Waals surface area contributed by atoms with Gasteiger partial charge in [0.2, 0.25) is 0 Å². The molecule has 130 valence electrons. The normalized spacial score (nSPS) is 11.6. The van der Waals surface area contributed by atoms with Crippen molar-refractivity contribution in [3.05, 3.63) is 51.2 Å². The molecule has 0 aliphatic rings. The van der Waals surface area contributed by atoms with Crippen molar-refractivity contribution in [3.63, 3.8) is 0 Å². The number of hydrogen-bond donors (Lipinski definition) is 2. The van der Waals surface area contributed by atoms with E-state index >= 15 is 0 Å². The van der Waals surface area contributed by atoms with Gasteiger partial charge >= 0.3 is 0 Å². The molecule has 7 heteroatoms. The van der Waals surface area contributed by atoms with Gasteiger partial charge < -0.3 is 10.6 Å². The fourth-order valence-corrected chi connectivity index (χ4v) is 3.88. The summed E-state index contributed by atoms with van der Waals surface area (Å²) in [5.41, 5.74) is 1.82. The van der Waals surface area contributed by atoms with Gasteiger partial charge in [-0.3, -0.25) is 4.99 Å². The molecule has 0 spiro atoms. The van der Waals surface area contributed by atoms with Crippen LogP contribution in [-0.2, 0) is 12.3 Å². The molecular weight excluding hydrogens is 343 g/mol. The molecule has 0 amide bonds. The molecule has 2 aromatic rings. The first kappa shape index (κ1) is 18.7. The number of hydrogen-bond acceptors (Lipinski definition) is 4. The summed E-state index contributed by atoms with van der Waals surface area (Å²) in [5.74, 6) is 2.20. The zero-order valence-corrected chi connectivity index (χ0v) is 15.9. The summed E-state index contributed by atoms with van der Waals surface area (Å²) in [5, 5.41) is 7.65. The molecule has 0 saturated heterocycles. The molecule has 1 heterocycles. The van der Waals surface area contributed by atoms with Crippen LogP contribution in [0.2, 0.25) is 0 Å². The highest BCUT2D eigenvalue weighted by atomic mass is 32.2. The Morgan fingerprint density at radius 1 is 1.29 bits per heavy atom. The van der Waals surface area contributed by atoms with Crippen molar-refractivity contribution in [2.45, 2.75) is 26.1 Å². The van der Waals surface area contributed by atoms with Gasteiger partial charge in [-0.25, -0.2) is 9.37 Å². The van der Waals surface area contributed by atoms with Crippen molar-refractivity contribution in [1.29, 1.82) is 0 Å². The van der Waals surface area contributed by atoms with E-state index in [1.165, 1.54) is 10.9 Å². The summed E-state index contributed by atoms with van der Waals surface area (Å²) in [4.78, 5) is 9.87. The number of nitrogens with zero attached hydrogens (tertiary/aromatic N) is 2. The van der Waals surface area contributed by atoms with E-state index in [9.17, 15) is 4.39 Å². The molecule has 0 radical (unpaired) electrons. The Morgan fingerprint density at radius 2 is 2.08 bits per heavy atom. The molecule has 24 heavy (non-hydrogen) atoms. The SMILES string of the molecule is CN=C(NCCSCc1ccccc1F)NCc1sc(C)nc1C. The van der Waals surface area contributed by atoms with Crippen molar-refractivity contribution in [2.75, 3.05) is 19.3 Å². The molecule has 1 aromatic carbocycles. The number of aryl methyl sites for hydroxylation is 2.